The molecule has 0 unspecified atom stereocenters. The molecule has 1 N–H and O–H groups in total. The second-order valence-corrected chi connectivity index (χ2v) is 9.27. The van der Waals surface area contributed by atoms with Crippen molar-refractivity contribution in [3.8, 4) is 10.9 Å². The predicted octanol–water partition coefficient (Wildman–Crippen LogP) is 4.14. The molecular formula is C25H30N4O3S. The van der Waals surface area contributed by atoms with Gasteiger partial charge in [-0.1, -0.05) is 44.2 Å². The number of carbonyl (C=O) groups is 1. The SMILES string of the molecule is CC(C)CNC(=O)c1ccc(Oc2nc(Cc3ccccc3)ns2)c(CN2CCOCC2)c1. The molecule has 4 rings (SSSR count). The van der Waals surface area contributed by atoms with Crippen LogP contribution in [0.5, 0.6) is 10.9 Å². The van der Waals surface area contributed by atoms with Gasteiger partial charge in [-0.25, -0.2) is 0 Å². The summed E-state index contributed by atoms with van der Waals surface area (Å²) >= 11 is 1.24. The lowest BCUT2D eigenvalue weighted by molar-refractivity contribution is 0.0339. The summed E-state index contributed by atoms with van der Waals surface area (Å²) in [6.07, 6.45) is 0.663. The van der Waals surface area contributed by atoms with E-state index in [4.69, 9.17) is 9.47 Å². The molecule has 3 aromatic rings. The molecule has 8 heteroatoms. The van der Waals surface area contributed by atoms with Gasteiger partial charge < -0.3 is 14.8 Å². The molecule has 0 aliphatic carbocycles. The molecule has 7 nitrogen and oxygen atoms in total. The van der Waals surface area contributed by atoms with E-state index < -0.39 is 0 Å². The van der Waals surface area contributed by atoms with Crippen LogP contribution in [0.1, 0.15) is 41.2 Å². The van der Waals surface area contributed by atoms with Crippen LogP contribution in [-0.2, 0) is 17.7 Å². The first-order valence-corrected chi connectivity index (χ1v) is 12.1. The van der Waals surface area contributed by atoms with Gasteiger partial charge >= 0.3 is 0 Å². The van der Waals surface area contributed by atoms with Crippen LogP contribution in [0.2, 0.25) is 0 Å². The van der Waals surface area contributed by atoms with Crippen molar-refractivity contribution in [1.29, 1.82) is 0 Å². The maximum atomic E-state index is 12.6. The van der Waals surface area contributed by atoms with Crippen LogP contribution < -0.4 is 10.1 Å². The summed E-state index contributed by atoms with van der Waals surface area (Å²) in [5.74, 6) is 1.76. The first-order valence-electron chi connectivity index (χ1n) is 11.3. The van der Waals surface area contributed by atoms with Gasteiger partial charge in [0, 0.05) is 55.3 Å². The average molecular weight is 467 g/mol. The number of amides is 1. The quantitative estimate of drug-likeness (QED) is 0.511. The molecule has 33 heavy (non-hydrogen) atoms. The van der Waals surface area contributed by atoms with E-state index in [1.165, 1.54) is 11.5 Å². The third kappa shape index (κ3) is 6.83. The summed E-state index contributed by atoms with van der Waals surface area (Å²) in [4.78, 5) is 19.5. The lowest BCUT2D eigenvalue weighted by Gasteiger charge is -2.27. The van der Waals surface area contributed by atoms with Crippen LogP contribution >= 0.6 is 11.5 Å². The summed E-state index contributed by atoms with van der Waals surface area (Å²) in [6, 6.07) is 15.7. The van der Waals surface area contributed by atoms with Crippen molar-refractivity contribution < 1.29 is 14.3 Å². The molecule has 1 saturated heterocycles. The number of morpholine rings is 1. The largest absolute Gasteiger partial charge is 0.430 e. The van der Waals surface area contributed by atoms with Gasteiger partial charge in [0.05, 0.1) is 13.2 Å². The van der Waals surface area contributed by atoms with Gasteiger partial charge in [-0.2, -0.15) is 9.36 Å². The van der Waals surface area contributed by atoms with Crippen molar-refractivity contribution in [2.24, 2.45) is 5.92 Å². The zero-order valence-corrected chi connectivity index (χ0v) is 19.9. The van der Waals surface area contributed by atoms with E-state index in [9.17, 15) is 4.79 Å². The van der Waals surface area contributed by atoms with Gasteiger partial charge in [-0.3, -0.25) is 9.69 Å². The summed E-state index contributed by atoms with van der Waals surface area (Å²) in [6.45, 7) is 8.61. The maximum Gasteiger partial charge on any atom is 0.298 e. The van der Waals surface area contributed by atoms with Crippen LogP contribution in [0.4, 0.5) is 0 Å². The predicted molar refractivity (Wildman–Crippen MR) is 129 cm³/mol. The Morgan fingerprint density at radius 2 is 1.97 bits per heavy atom. The second-order valence-electron chi connectivity index (χ2n) is 8.56. The molecule has 0 radical (unpaired) electrons. The number of rotatable bonds is 9. The Morgan fingerprint density at radius 3 is 2.73 bits per heavy atom. The Bertz CT molecular complexity index is 1050. The molecule has 1 amide bonds. The zero-order valence-electron chi connectivity index (χ0n) is 19.1. The molecule has 1 fully saturated rings. The molecule has 0 bridgehead atoms. The van der Waals surface area contributed by atoms with Gasteiger partial charge in [0.1, 0.15) is 5.75 Å². The van der Waals surface area contributed by atoms with E-state index in [-0.39, 0.29) is 5.91 Å². The molecule has 2 heterocycles. The van der Waals surface area contributed by atoms with E-state index in [0.717, 1.165) is 30.0 Å². The molecule has 174 valence electrons. The standard InChI is InChI=1S/C25H30N4O3S/c1-18(2)16-26-24(30)20-8-9-22(21(15-20)17-29-10-12-31-13-11-29)32-25-27-23(28-33-25)14-19-6-4-3-5-7-19/h3-9,15,18H,10-14,16-17H2,1-2H3,(H,26,30). The number of hydrogen-bond donors (Lipinski definition) is 1. The molecule has 0 atom stereocenters. The van der Waals surface area contributed by atoms with Crippen LogP contribution in [0.15, 0.2) is 48.5 Å². The topological polar surface area (TPSA) is 76.6 Å². The lowest BCUT2D eigenvalue weighted by Crippen LogP contribution is -2.35. The zero-order chi connectivity index (χ0) is 23.0. The van der Waals surface area contributed by atoms with E-state index in [1.54, 1.807) is 6.07 Å². The van der Waals surface area contributed by atoms with Gasteiger partial charge in [-0.15, -0.1) is 0 Å². The van der Waals surface area contributed by atoms with Gasteiger partial charge in [-0.05, 0) is 29.7 Å². The minimum absolute atomic E-state index is 0.0699. The Kier molecular flexibility index (Phi) is 8.04. The van der Waals surface area contributed by atoms with Crippen molar-refractivity contribution in [3.05, 3.63) is 71.0 Å². The number of benzene rings is 2. The van der Waals surface area contributed by atoms with E-state index in [0.29, 0.717) is 55.1 Å². The Balaban J connectivity index is 1.51. The number of hydrogen-bond acceptors (Lipinski definition) is 7. The highest BCUT2D eigenvalue weighted by atomic mass is 32.1. The number of aromatic nitrogens is 2. The van der Waals surface area contributed by atoms with Gasteiger partial charge in [0.15, 0.2) is 5.82 Å². The van der Waals surface area contributed by atoms with Crippen LogP contribution in [-0.4, -0.2) is 53.0 Å². The fourth-order valence-electron chi connectivity index (χ4n) is 3.57. The van der Waals surface area contributed by atoms with Crippen LogP contribution in [0.3, 0.4) is 0 Å². The summed E-state index contributed by atoms with van der Waals surface area (Å²) < 4.78 is 16.1. The highest BCUT2D eigenvalue weighted by Gasteiger charge is 2.18. The van der Waals surface area contributed by atoms with Crippen molar-refractivity contribution in [1.82, 2.24) is 19.6 Å². The highest BCUT2D eigenvalue weighted by Crippen LogP contribution is 2.29. The smallest absolute Gasteiger partial charge is 0.298 e. The lowest BCUT2D eigenvalue weighted by atomic mass is 10.1. The van der Waals surface area contributed by atoms with E-state index in [2.05, 4.69) is 45.6 Å². The first-order chi connectivity index (χ1) is 16.1. The normalized spacial score (nSPS) is 14.4. The molecule has 1 aromatic heterocycles. The fraction of sp³-hybridized carbons (Fsp3) is 0.400. The minimum Gasteiger partial charge on any atom is -0.430 e. The Hall–Kier alpha value is -2.81. The number of ether oxygens (including phenoxy) is 2. The average Bonchev–Trinajstić information content (AvgIpc) is 3.26. The van der Waals surface area contributed by atoms with Crippen molar-refractivity contribution in [2.45, 2.75) is 26.8 Å². The monoisotopic (exact) mass is 466 g/mol. The van der Waals surface area contributed by atoms with Crippen molar-refractivity contribution in [3.63, 3.8) is 0 Å². The number of nitrogens with zero attached hydrogens (tertiary/aromatic N) is 3. The van der Waals surface area contributed by atoms with Crippen molar-refractivity contribution >= 4 is 17.4 Å². The van der Waals surface area contributed by atoms with E-state index >= 15 is 0 Å². The maximum absolute atomic E-state index is 12.6. The fourth-order valence-corrected chi connectivity index (χ4v) is 4.13. The molecular weight excluding hydrogens is 436 g/mol. The van der Waals surface area contributed by atoms with Crippen molar-refractivity contribution in [2.75, 3.05) is 32.8 Å². The molecule has 1 aliphatic rings. The van der Waals surface area contributed by atoms with Crippen LogP contribution in [0, 0.1) is 5.92 Å². The summed E-state index contributed by atoms with van der Waals surface area (Å²) in [5.41, 5.74) is 2.74. The number of carbonyl (C=O) groups excluding carboxylic acids is 1. The third-order valence-corrected chi connectivity index (χ3v) is 5.98. The molecule has 1 aliphatic heterocycles. The summed E-state index contributed by atoms with van der Waals surface area (Å²) in [5, 5.41) is 3.49. The van der Waals surface area contributed by atoms with Gasteiger partial charge in [0.25, 0.3) is 11.1 Å². The first kappa shape index (κ1) is 23.4. The molecule has 0 spiro atoms. The Labute approximate surface area is 198 Å². The minimum atomic E-state index is -0.0699. The Morgan fingerprint density at radius 1 is 1.18 bits per heavy atom. The van der Waals surface area contributed by atoms with Crippen LogP contribution in [0.25, 0.3) is 0 Å². The number of nitrogens with one attached hydrogen (secondary N) is 1. The molecule has 2 aromatic carbocycles. The van der Waals surface area contributed by atoms with Gasteiger partial charge in [0.2, 0.25) is 0 Å². The third-order valence-electron chi connectivity index (χ3n) is 5.34. The second kappa shape index (κ2) is 11.4. The molecule has 0 saturated carbocycles. The summed E-state index contributed by atoms with van der Waals surface area (Å²) in [7, 11) is 0. The van der Waals surface area contributed by atoms with E-state index in [1.807, 2.05) is 30.3 Å². The highest BCUT2D eigenvalue weighted by molar-refractivity contribution is 7.07.